The largest absolute Gasteiger partial charge is 0.396 e. The van der Waals surface area contributed by atoms with Crippen molar-refractivity contribution in [1.82, 2.24) is 15.0 Å². The van der Waals surface area contributed by atoms with Crippen LogP contribution in [0.3, 0.4) is 0 Å². The van der Waals surface area contributed by atoms with Gasteiger partial charge in [0.1, 0.15) is 36.6 Å². The Morgan fingerprint density at radius 1 is 0.839 bits per heavy atom. The highest BCUT2D eigenvalue weighted by atomic mass is 28.4. The Morgan fingerprint density at radius 3 is 1.97 bits per heavy atom. The topological polar surface area (TPSA) is 319 Å². The molecule has 3 fully saturated rings. The van der Waals surface area contributed by atoms with Crippen LogP contribution in [0.15, 0.2) is 48.7 Å². The number of nitrogens with zero attached hydrogens (tertiary/aromatic N) is 4. The van der Waals surface area contributed by atoms with Crippen molar-refractivity contribution in [2.45, 2.75) is 125 Å². The number of nitrogens with one attached hydrogen (secondary N) is 2. The van der Waals surface area contributed by atoms with Gasteiger partial charge in [0.15, 0.2) is 30.4 Å². The fourth-order valence-electron chi connectivity index (χ4n) is 8.95. The standard InChI is InChI=1S/C39H51FN6O15Si/c1-17-33(62(2,3)40)24(10-12-45-16-21(11-13-47)43-44-45)61-39(17)22-14-20(42-35(55)32-28(51)26(49)30(53)37(57)60-32)8-9-23(22)46(38(39)58)15-18-4-6-19(7-5-18)41-34(54)31-27(50)25(48)29(52)36(56)59-31/h4-9,14,16-17,24-33,36-37,47-53,56-57H,10-13,15H2,1-3H3,(H,41,54)(H,42,55)/t17-,24+,25+,26+,27+,28+,29-,30-,31+,32+,33-,36-,37-,39+/m1/s1. The fourth-order valence-corrected chi connectivity index (χ4v) is 11.5. The molecule has 4 aliphatic rings. The van der Waals surface area contributed by atoms with Gasteiger partial charge in [0.25, 0.3) is 17.7 Å². The first-order valence-corrected chi connectivity index (χ1v) is 23.0. The van der Waals surface area contributed by atoms with Gasteiger partial charge >= 0.3 is 0 Å². The third-order valence-electron chi connectivity index (χ3n) is 12.1. The molecule has 3 amide bonds. The number of aliphatic hydroxyl groups is 9. The predicted octanol–water partition coefficient (Wildman–Crippen LogP) is -2.30. The van der Waals surface area contributed by atoms with Crippen LogP contribution in [0.5, 0.6) is 0 Å². The van der Waals surface area contributed by atoms with Crippen LogP contribution in [-0.4, -0.2) is 161 Å². The lowest BCUT2D eigenvalue weighted by atomic mass is 9.82. The smallest absolute Gasteiger partial charge is 0.264 e. The van der Waals surface area contributed by atoms with Crippen LogP contribution in [0, 0.1) is 5.92 Å². The van der Waals surface area contributed by atoms with E-state index >= 15 is 8.90 Å². The van der Waals surface area contributed by atoms with E-state index in [-0.39, 0.29) is 37.5 Å². The average Bonchev–Trinajstić information content (AvgIpc) is 3.88. The van der Waals surface area contributed by atoms with E-state index in [0.29, 0.717) is 28.9 Å². The molecule has 3 aromatic rings. The Hall–Kier alpha value is -4.34. The van der Waals surface area contributed by atoms with Gasteiger partial charge < -0.3 is 79.8 Å². The second kappa shape index (κ2) is 17.7. The highest BCUT2D eigenvalue weighted by Gasteiger charge is 2.66. The summed E-state index contributed by atoms with van der Waals surface area (Å²) in [6.07, 6.45) is -17.2. The lowest BCUT2D eigenvalue weighted by molar-refractivity contribution is -0.274. The minimum absolute atomic E-state index is 0.0527. The molecular formula is C39H51FN6O15Si. The van der Waals surface area contributed by atoms with Gasteiger partial charge in [0.2, 0.25) is 8.41 Å². The van der Waals surface area contributed by atoms with E-state index in [1.165, 1.54) is 42.3 Å². The molecule has 1 aromatic heterocycles. The highest BCUT2D eigenvalue weighted by molar-refractivity contribution is 6.72. The van der Waals surface area contributed by atoms with Gasteiger partial charge in [-0.05, 0) is 55.4 Å². The second-order valence-corrected chi connectivity index (χ2v) is 20.4. The first-order chi connectivity index (χ1) is 29.3. The first kappa shape index (κ1) is 45.7. The van der Waals surface area contributed by atoms with Crippen LogP contribution in [0.25, 0.3) is 0 Å². The van der Waals surface area contributed by atoms with Gasteiger partial charge in [-0.15, -0.1) is 5.10 Å². The fraction of sp³-hybridized carbons (Fsp3) is 0.564. The molecule has 23 heteroatoms. The van der Waals surface area contributed by atoms with Crippen molar-refractivity contribution in [3.05, 3.63) is 65.5 Å². The van der Waals surface area contributed by atoms with Gasteiger partial charge in [0.05, 0.1) is 24.0 Å². The third-order valence-corrected chi connectivity index (χ3v) is 14.5. The maximum absolute atomic E-state index is 16.5. The van der Waals surface area contributed by atoms with Crippen LogP contribution in [0.2, 0.25) is 18.6 Å². The molecule has 62 heavy (non-hydrogen) atoms. The summed E-state index contributed by atoms with van der Waals surface area (Å²) in [5, 5.41) is 103. The van der Waals surface area contributed by atoms with E-state index in [1.54, 1.807) is 36.0 Å². The van der Waals surface area contributed by atoms with Crippen molar-refractivity contribution in [3.63, 3.8) is 0 Å². The lowest BCUT2D eigenvalue weighted by Crippen LogP contribution is -2.60. The van der Waals surface area contributed by atoms with Crippen LogP contribution in [0.4, 0.5) is 21.2 Å². The molecule has 4 aliphatic heterocycles. The quantitative estimate of drug-likeness (QED) is 0.0673. The summed E-state index contributed by atoms with van der Waals surface area (Å²) in [6, 6.07) is 10.7. The summed E-state index contributed by atoms with van der Waals surface area (Å²) in [6.45, 7) is 4.90. The number of aryl methyl sites for hydroxylation is 1. The molecule has 21 nitrogen and oxygen atoms in total. The predicted molar refractivity (Wildman–Crippen MR) is 213 cm³/mol. The Labute approximate surface area is 354 Å². The molecule has 5 heterocycles. The number of benzene rings is 2. The molecule has 3 saturated heterocycles. The maximum atomic E-state index is 16.5. The molecule has 0 bridgehead atoms. The van der Waals surface area contributed by atoms with Crippen molar-refractivity contribution >= 4 is 43.2 Å². The number of aliphatic hydroxyl groups excluding tert-OH is 9. The van der Waals surface area contributed by atoms with Crippen molar-refractivity contribution in [2.24, 2.45) is 5.92 Å². The van der Waals surface area contributed by atoms with Crippen molar-refractivity contribution in [1.29, 1.82) is 0 Å². The minimum Gasteiger partial charge on any atom is -0.396 e. The summed E-state index contributed by atoms with van der Waals surface area (Å²) >= 11 is 0. The highest BCUT2D eigenvalue weighted by Crippen LogP contribution is 2.60. The molecule has 0 unspecified atom stereocenters. The monoisotopic (exact) mass is 890 g/mol. The molecule has 0 saturated carbocycles. The molecule has 0 aliphatic carbocycles. The van der Waals surface area contributed by atoms with E-state index < -0.39 is 111 Å². The Bertz CT molecular complexity index is 2130. The zero-order valence-electron chi connectivity index (χ0n) is 33.8. The molecule has 7 rings (SSSR count). The molecule has 14 atom stereocenters. The SMILES string of the molecule is C[C@@H]1[C@@H]([Si](C)(C)F)[C@H](CCn2cc(CCO)nn2)O[C@@]12C(=O)N(Cc1ccc(NC(=O)[C@H]3O[C@@H](O)[C@H](O)[C@@H](O)[C@@H]3O)cc1)c1ccc(NC(=O)[C@H]3O[C@@H](O)[C@H](O)[C@@H](O)[C@@H]3O)cc12. The number of anilines is 3. The number of ether oxygens (including phenoxy) is 3. The second-order valence-electron chi connectivity index (χ2n) is 16.6. The molecule has 0 radical (unpaired) electrons. The summed E-state index contributed by atoms with van der Waals surface area (Å²) in [5.74, 6) is -3.18. The van der Waals surface area contributed by atoms with Crippen LogP contribution in [-0.2, 0) is 53.7 Å². The van der Waals surface area contributed by atoms with Crippen molar-refractivity contribution < 1.29 is 78.7 Å². The summed E-state index contributed by atoms with van der Waals surface area (Å²) in [5.41, 5.74) is -0.390. The molecule has 1 spiro atoms. The number of aromatic nitrogens is 3. The normalized spacial score (nSPS) is 34.7. The number of amides is 3. The van der Waals surface area contributed by atoms with E-state index in [1.807, 2.05) is 0 Å². The van der Waals surface area contributed by atoms with Crippen LogP contribution < -0.4 is 15.5 Å². The number of halogens is 1. The minimum atomic E-state index is -3.63. The summed E-state index contributed by atoms with van der Waals surface area (Å²) in [7, 11) is -3.63. The number of hydrogen-bond acceptors (Lipinski definition) is 17. The van der Waals surface area contributed by atoms with Crippen molar-refractivity contribution in [3.8, 4) is 0 Å². The average molecular weight is 891 g/mol. The molecule has 11 N–H and O–H groups in total. The van der Waals surface area contributed by atoms with Crippen molar-refractivity contribution in [2.75, 3.05) is 22.1 Å². The Morgan fingerprint density at radius 2 is 1.40 bits per heavy atom. The number of hydrogen-bond donors (Lipinski definition) is 11. The van der Waals surface area contributed by atoms with E-state index in [0.717, 1.165) is 0 Å². The van der Waals surface area contributed by atoms with Gasteiger partial charge in [-0.3, -0.25) is 19.1 Å². The first-order valence-electron chi connectivity index (χ1n) is 20.1. The van der Waals surface area contributed by atoms with Crippen LogP contribution in [0.1, 0.15) is 30.2 Å². The number of carbonyl (C=O) groups excluding carboxylic acids is 3. The maximum Gasteiger partial charge on any atom is 0.264 e. The van der Waals surface area contributed by atoms with Gasteiger partial charge in [0, 0.05) is 54.2 Å². The van der Waals surface area contributed by atoms with E-state index in [2.05, 4.69) is 20.9 Å². The summed E-state index contributed by atoms with van der Waals surface area (Å²) in [4.78, 5) is 42.9. The molecule has 2 aromatic carbocycles. The van der Waals surface area contributed by atoms with Gasteiger partial charge in [-0.25, -0.2) is 0 Å². The van der Waals surface area contributed by atoms with E-state index in [9.17, 15) is 55.5 Å². The zero-order valence-corrected chi connectivity index (χ0v) is 34.8. The van der Waals surface area contributed by atoms with Crippen LogP contribution >= 0.6 is 0 Å². The lowest BCUT2D eigenvalue weighted by Gasteiger charge is -2.37. The van der Waals surface area contributed by atoms with Gasteiger partial charge in [-0.2, -0.15) is 0 Å². The molecular weight excluding hydrogens is 840 g/mol. The summed E-state index contributed by atoms with van der Waals surface area (Å²) < 4.78 is 35.0. The van der Waals surface area contributed by atoms with Gasteiger partial charge in [-0.1, -0.05) is 24.3 Å². The Kier molecular flexibility index (Phi) is 13.0. The Balaban J connectivity index is 1.18. The zero-order chi connectivity index (χ0) is 45.0. The van der Waals surface area contributed by atoms with E-state index in [4.69, 9.17) is 14.2 Å². The number of fused-ring (bicyclic) bond motifs is 2. The third kappa shape index (κ3) is 8.40. The number of rotatable bonds is 12. The molecule has 338 valence electrons. The number of carbonyl (C=O) groups is 3.